The molecule has 5 aliphatic carbocycles. The van der Waals surface area contributed by atoms with Crippen LogP contribution < -0.4 is 10.6 Å². The van der Waals surface area contributed by atoms with Crippen molar-refractivity contribution in [3.05, 3.63) is 12.2 Å². The monoisotopic (exact) mass is 614 g/mol. The Kier molecular flexibility index (Phi) is 8.71. The molecule has 5 saturated carbocycles. The van der Waals surface area contributed by atoms with E-state index in [1.165, 1.54) is 31.9 Å². The van der Waals surface area contributed by atoms with Crippen LogP contribution in [0.15, 0.2) is 12.2 Å². The van der Waals surface area contributed by atoms with E-state index in [1.807, 2.05) is 6.26 Å². The van der Waals surface area contributed by atoms with Gasteiger partial charge in [0.1, 0.15) is 11.8 Å². The first-order chi connectivity index (χ1) is 20.1. The van der Waals surface area contributed by atoms with Gasteiger partial charge in [0.2, 0.25) is 0 Å². The summed E-state index contributed by atoms with van der Waals surface area (Å²) in [6.45, 7) is 18.9. The predicted octanol–water partition coefficient (Wildman–Crippen LogP) is 7.56. The minimum atomic E-state index is -0.642. The van der Waals surface area contributed by atoms with Crippen molar-refractivity contribution in [3.8, 4) is 0 Å². The van der Waals surface area contributed by atoms with Crippen molar-refractivity contribution in [2.75, 3.05) is 19.1 Å². The Morgan fingerprint density at radius 1 is 0.977 bits per heavy atom. The summed E-state index contributed by atoms with van der Waals surface area (Å²) in [4.78, 5) is 39.2. The number of hydrogen-bond acceptors (Lipinski definition) is 5. The van der Waals surface area contributed by atoms with Crippen LogP contribution in [0.3, 0.4) is 0 Å². The molecule has 7 heteroatoms. The third kappa shape index (κ3) is 4.92. The van der Waals surface area contributed by atoms with Gasteiger partial charge in [0.05, 0.1) is 7.11 Å². The first kappa shape index (κ1) is 32.9. The second kappa shape index (κ2) is 11.4. The van der Waals surface area contributed by atoms with Gasteiger partial charge in [-0.05, 0) is 129 Å². The number of carbonyl (C=O) groups is 3. The summed E-state index contributed by atoms with van der Waals surface area (Å²) < 4.78 is 5.02. The van der Waals surface area contributed by atoms with Gasteiger partial charge in [-0.1, -0.05) is 46.8 Å². The molecule has 0 bridgehead atoms. The van der Waals surface area contributed by atoms with Gasteiger partial charge in [-0.3, -0.25) is 4.79 Å². The number of methoxy groups -OCH3 is 1. The Morgan fingerprint density at radius 2 is 1.70 bits per heavy atom. The molecule has 5 rings (SSSR count). The van der Waals surface area contributed by atoms with Crippen molar-refractivity contribution in [3.63, 3.8) is 0 Å². The lowest BCUT2D eigenvalue weighted by Gasteiger charge is -2.72. The number of urea groups is 1. The van der Waals surface area contributed by atoms with Crippen molar-refractivity contribution in [1.29, 1.82) is 0 Å². The number of amides is 2. The van der Waals surface area contributed by atoms with Crippen LogP contribution in [0.2, 0.25) is 0 Å². The lowest BCUT2D eigenvalue weighted by atomic mass is 9.32. The van der Waals surface area contributed by atoms with Crippen LogP contribution in [0.25, 0.3) is 0 Å². The highest BCUT2D eigenvalue weighted by Gasteiger charge is 2.71. The van der Waals surface area contributed by atoms with Crippen LogP contribution in [0.4, 0.5) is 4.79 Å². The average Bonchev–Trinajstić information content (AvgIpc) is 3.32. The van der Waals surface area contributed by atoms with E-state index >= 15 is 0 Å². The molecule has 0 saturated heterocycles. The Morgan fingerprint density at radius 3 is 2.35 bits per heavy atom. The molecule has 6 nitrogen and oxygen atoms in total. The van der Waals surface area contributed by atoms with Crippen LogP contribution in [0.1, 0.15) is 112 Å². The summed E-state index contributed by atoms with van der Waals surface area (Å²) in [6, 6.07) is -0.883. The van der Waals surface area contributed by atoms with E-state index in [1.54, 1.807) is 11.8 Å². The summed E-state index contributed by atoms with van der Waals surface area (Å²) in [5, 5.41) is 6.52. The molecule has 10 atom stereocenters. The molecule has 0 aliphatic heterocycles. The normalized spacial score (nSPS) is 43.7. The van der Waals surface area contributed by atoms with E-state index in [2.05, 4.69) is 58.8 Å². The maximum absolute atomic E-state index is 13.7. The number of fused-ring (bicyclic) bond motifs is 7. The molecule has 5 fully saturated rings. The molecule has 0 heterocycles. The van der Waals surface area contributed by atoms with E-state index in [-0.39, 0.29) is 39.2 Å². The Hall–Kier alpha value is -1.50. The van der Waals surface area contributed by atoms with Crippen molar-refractivity contribution in [2.45, 2.75) is 124 Å². The van der Waals surface area contributed by atoms with Gasteiger partial charge in [0, 0.05) is 17.4 Å². The minimum Gasteiger partial charge on any atom is -0.467 e. The highest BCUT2D eigenvalue weighted by atomic mass is 32.2. The quantitative estimate of drug-likeness (QED) is 0.228. The highest BCUT2D eigenvalue weighted by molar-refractivity contribution is 7.98. The Labute approximate surface area is 265 Å². The van der Waals surface area contributed by atoms with Gasteiger partial charge < -0.3 is 15.4 Å². The smallest absolute Gasteiger partial charge is 0.328 e. The molecular formula is C36H58N2O4S. The molecule has 242 valence electrons. The fourth-order valence-corrected chi connectivity index (χ4v) is 12.7. The summed E-state index contributed by atoms with van der Waals surface area (Å²) in [7, 11) is 1.39. The van der Waals surface area contributed by atoms with Gasteiger partial charge in [-0.25, -0.2) is 9.59 Å². The Balaban J connectivity index is 1.45. The van der Waals surface area contributed by atoms with Gasteiger partial charge in [-0.2, -0.15) is 11.8 Å². The molecule has 5 aliphatic rings. The zero-order chi connectivity index (χ0) is 31.6. The van der Waals surface area contributed by atoms with Crippen LogP contribution in [0.5, 0.6) is 0 Å². The van der Waals surface area contributed by atoms with Crippen LogP contribution in [0, 0.1) is 51.2 Å². The molecule has 2 amide bonds. The molecule has 0 spiro atoms. The number of hydrogen-bond donors (Lipinski definition) is 2. The zero-order valence-electron chi connectivity index (χ0n) is 28.2. The molecule has 0 radical (unpaired) electrons. The number of carbonyl (C=O) groups excluding carboxylic acids is 3. The number of esters is 1. The topological polar surface area (TPSA) is 84.5 Å². The Bertz CT molecular complexity index is 1150. The van der Waals surface area contributed by atoms with Gasteiger partial charge in [0.15, 0.2) is 0 Å². The summed E-state index contributed by atoms with van der Waals surface area (Å²) in [5.41, 5.74) is 1.26. The maximum Gasteiger partial charge on any atom is 0.328 e. The number of thioether (sulfide) groups is 1. The molecule has 43 heavy (non-hydrogen) atoms. The molecule has 0 aromatic carbocycles. The predicted molar refractivity (Wildman–Crippen MR) is 175 cm³/mol. The van der Waals surface area contributed by atoms with E-state index in [9.17, 15) is 14.4 Å². The molecule has 0 aromatic rings. The van der Waals surface area contributed by atoms with Crippen LogP contribution >= 0.6 is 11.8 Å². The van der Waals surface area contributed by atoms with Crippen LogP contribution in [-0.4, -0.2) is 48.5 Å². The zero-order valence-corrected chi connectivity index (χ0v) is 29.0. The maximum atomic E-state index is 13.7. The summed E-state index contributed by atoms with van der Waals surface area (Å²) in [6.07, 6.45) is 13.1. The van der Waals surface area contributed by atoms with E-state index in [0.717, 1.165) is 50.7 Å². The number of nitrogens with one attached hydrogen (secondary N) is 2. The molecule has 2 N–H and O–H groups in total. The molecular weight excluding hydrogens is 556 g/mol. The third-order valence-electron chi connectivity index (χ3n) is 14.6. The average molecular weight is 615 g/mol. The van der Waals surface area contributed by atoms with E-state index in [0.29, 0.717) is 41.8 Å². The fourth-order valence-electron chi connectivity index (χ4n) is 12.2. The van der Waals surface area contributed by atoms with E-state index < -0.39 is 6.04 Å². The standard InChI is InChI=1S/C36H58N2O4S/c1-22(2)23-12-18-36(38-31(41)37-25(15-21-43-9)30(40)42-8)20-19-34(6)24(29(23)36)10-11-27-33(5)16-14-28(39)32(3,4)26(33)13-17-35(27,34)7/h23-27,29H,1,10-21H2,2-9H3,(H2,37,38,41)/t23-,24?,25+,26?,27?,29?,33-,34-,35+,36?/m0/s1. The summed E-state index contributed by atoms with van der Waals surface area (Å²) in [5.74, 6) is 3.14. The number of allylic oxidation sites excluding steroid dienone is 1. The number of Topliss-reactive ketones (excluding diaryl/α,β-unsaturated/α-hetero) is 1. The third-order valence-corrected chi connectivity index (χ3v) is 15.2. The second-order valence-corrected chi connectivity index (χ2v) is 17.4. The summed E-state index contributed by atoms with van der Waals surface area (Å²) >= 11 is 1.66. The van der Waals surface area contributed by atoms with Gasteiger partial charge >= 0.3 is 12.0 Å². The number of rotatable bonds is 7. The SMILES string of the molecule is C=C(C)[C@@H]1CCC2(NC(=O)N[C@H](CCSC)C(=O)OC)CC[C@@]3(C)C(CCC4[C@@]5(C)CCC(=O)C(C)(C)C5CC[C@]43C)C12. The second-order valence-electron chi connectivity index (χ2n) is 16.4. The van der Waals surface area contributed by atoms with Crippen molar-refractivity contribution in [1.82, 2.24) is 10.6 Å². The fraction of sp³-hybridized carbons (Fsp3) is 0.861. The minimum absolute atomic E-state index is 0.159. The molecule has 0 aromatic heterocycles. The van der Waals surface area contributed by atoms with E-state index in [4.69, 9.17) is 4.74 Å². The highest BCUT2D eigenvalue weighted by Crippen LogP contribution is 2.76. The van der Waals surface area contributed by atoms with Crippen LogP contribution in [-0.2, 0) is 14.3 Å². The van der Waals surface area contributed by atoms with Crippen molar-refractivity contribution < 1.29 is 19.1 Å². The first-order valence-electron chi connectivity index (χ1n) is 17.0. The van der Waals surface area contributed by atoms with Gasteiger partial charge in [0.25, 0.3) is 0 Å². The molecule has 5 unspecified atom stereocenters. The largest absolute Gasteiger partial charge is 0.467 e. The van der Waals surface area contributed by atoms with Crippen molar-refractivity contribution >= 4 is 29.5 Å². The number of ether oxygens (including phenoxy) is 1. The van der Waals surface area contributed by atoms with Crippen molar-refractivity contribution in [2.24, 2.45) is 51.2 Å². The van der Waals surface area contributed by atoms with Gasteiger partial charge in [-0.15, -0.1) is 0 Å². The first-order valence-corrected chi connectivity index (χ1v) is 18.3. The number of ketones is 1. The lowest BCUT2D eigenvalue weighted by molar-refractivity contribution is -0.228. The lowest BCUT2D eigenvalue weighted by Crippen LogP contribution is -2.69.